The summed E-state index contributed by atoms with van der Waals surface area (Å²) in [6.45, 7) is 6.59. The molecular weight excluding hydrogens is 843 g/mol. The highest BCUT2D eigenvalue weighted by atomic mass is 35.5. The Labute approximate surface area is 367 Å². The Morgan fingerprint density at radius 3 is 1.74 bits per heavy atom. The second-order valence-electron chi connectivity index (χ2n) is 14.7. The van der Waals surface area contributed by atoms with E-state index in [9.17, 15) is 13.6 Å². The van der Waals surface area contributed by atoms with Crippen molar-refractivity contribution in [2.45, 2.75) is 44.8 Å². The quantitative estimate of drug-likeness (QED) is 0.0877. The number of ether oxygens (including phenoxy) is 4. The van der Waals surface area contributed by atoms with Crippen LogP contribution in [0.5, 0.6) is 23.0 Å². The van der Waals surface area contributed by atoms with Crippen molar-refractivity contribution in [1.82, 2.24) is 35.5 Å². The van der Waals surface area contributed by atoms with Crippen molar-refractivity contribution >= 4 is 73.9 Å². The molecule has 0 radical (unpaired) electrons. The predicted octanol–water partition coefficient (Wildman–Crippen LogP) is 8.46. The molecule has 4 N–H and O–H groups in total. The first-order valence-electron chi connectivity index (χ1n) is 20.2. The van der Waals surface area contributed by atoms with E-state index in [1.165, 1.54) is 43.8 Å². The second-order valence-corrected chi connectivity index (χ2v) is 15.5. The maximum Gasteiger partial charge on any atom is 0.216 e. The molecule has 4 heterocycles. The third-order valence-electron chi connectivity index (χ3n) is 10.4. The number of aromatic nitrogens is 4. The van der Waals surface area contributed by atoms with Crippen LogP contribution in [0.15, 0.2) is 73.3 Å². The van der Waals surface area contributed by atoms with Gasteiger partial charge in [-0.3, -0.25) is 4.79 Å². The van der Waals surface area contributed by atoms with Gasteiger partial charge in [0.05, 0.1) is 35.3 Å². The average molecular weight is 891 g/mol. The number of carbonyl (C=O) groups is 1. The summed E-state index contributed by atoms with van der Waals surface area (Å²) in [6.07, 6.45) is 6.82. The molecule has 2 aromatic heterocycles. The van der Waals surface area contributed by atoms with E-state index in [0.717, 1.165) is 69.2 Å². The number of carbonyl (C=O) groups excluding carboxylic acids is 1. The standard InChI is InChI=1S/C24H27ClFN5O3.C20H20ClFN4O2/c1-15(32)27-7-10-31-8-5-17(6-9-31)34-23-12-18-21(13-22(23)33-2)28-14-29-24(18)30-16-3-4-20(26)19(25)11-16;1-27-18-9-17-14(8-19(18)28-13-3-2-6-23-10-13)20(25-11-24-17)26-12-4-5-16(22)15(21)7-12/h3-4,11-14,17H,5-10H2,1-2H3,(H,27,32)(H,28,29,30);4-5,7-9,11,13,23H,2-3,6,10H2,1H3,(H,24,25,26). The van der Waals surface area contributed by atoms with E-state index >= 15 is 0 Å². The van der Waals surface area contributed by atoms with Crippen molar-refractivity contribution < 1.29 is 32.5 Å². The van der Waals surface area contributed by atoms with Gasteiger partial charge in [0.15, 0.2) is 23.0 Å². The third kappa shape index (κ3) is 11.4. The van der Waals surface area contributed by atoms with E-state index in [4.69, 9.17) is 42.1 Å². The zero-order valence-electron chi connectivity index (χ0n) is 34.4. The van der Waals surface area contributed by atoms with Crippen LogP contribution in [-0.4, -0.2) is 96.4 Å². The van der Waals surface area contributed by atoms with Gasteiger partial charge in [0, 0.05) is 73.9 Å². The molecule has 8 rings (SSSR count). The SMILES string of the molecule is COc1cc2ncnc(Nc3ccc(F)c(Cl)c3)c2cc1OC1CCCNC1.COc1cc2ncnc(Nc3ccc(F)c(Cl)c3)c2cc1OC1CCN(CCNC(C)=O)CC1. The predicted molar refractivity (Wildman–Crippen MR) is 237 cm³/mol. The van der Waals surface area contributed by atoms with Crippen LogP contribution in [0.4, 0.5) is 31.8 Å². The van der Waals surface area contributed by atoms with Gasteiger partial charge in [-0.25, -0.2) is 28.7 Å². The number of likely N-dealkylation sites (tertiary alicyclic amines) is 1. The van der Waals surface area contributed by atoms with Gasteiger partial charge in [0.2, 0.25) is 5.91 Å². The molecule has 2 aliphatic rings. The number of piperidine rings is 2. The van der Waals surface area contributed by atoms with Crippen LogP contribution in [0.1, 0.15) is 32.6 Å². The molecule has 0 bridgehead atoms. The average Bonchev–Trinajstić information content (AvgIpc) is 3.27. The first-order chi connectivity index (χ1) is 30.1. The van der Waals surface area contributed by atoms with E-state index in [2.05, 4.69) is 46.1 Å². The molecule has 0 spiro atoms. The number of fused-ring (bicyclic) bond motifs is 2. The van der Waals surface area contributed by atoms with Crippen LogP contribution >= 0.6 is 23.2 Å². The van der Waals surface area contributed by atoms with Crippen LogP contribution < -0.4 is 40.2 Å². The molecule has 2 fully saturated rings. The summed E-state index contributed by atoms with van der Waals surface area (Å²) in [5.41, 5.74) is 2.62. The Hall–Kier alpha value is -5.81. The minimum absolute atomic E-state index is 0.0121. The summed E-state index contributed by atoms with van der Waals surface area (Å²) in [6, 6.07) is 16.2. The highest BCUT2D eigenvalue weighted by molar-refractivity contribution is 6.31. The number of rotatable bonds is 13. The van der Waals surface area contributed by atoms with E-state index in [1.54, 1.807) is 26.4 Å². The van der Waals surface area contributed by atoms with Crippen molar-refractivity contribution in [2.24, 2.45) is 0 Å². The van der Waals surface area contributed by atoms with E-state index in [-0.39, 0.29) is 28.2 Å². The number of hydrogen-bond acceptors (Lipinski definition) is 13. The van der Waals surface area contributed by atoms with Crippen LogP contribution in [0, 0.1) is 11.6 Å². The summed E-state index contributed by atoms with van der Waals surface area (Å²) in [5.74, 6) is 2.61. The molecule has 326 valence electrons. The zero-order valence-corrected chi connectivity index (χ0v) is 36.0. The largest absolute Gasteiger partial charge is 0.493 e. The fourth-order valence-electron chi connectivity index (χ4n) is 7.17. The molecule has 1 amide bonds. The van der Waals surface area contributed by atoms with Crippen molar-refractivity contribution in [2.75, 3.05) is 64.1 Å². The summed E-state index contributed by atoms with van der Waals surface area (Å²) < 4.78 is 50.5. The summed E-state index contributed by atoms with van der Waals surface area (Å²) in [4.78, 5) is 30.7. The third-order valence-corrected chi connectivity index (χ3v) is 11.0. The Kier molecular flexibility index (Phi) is 14.9. The highest BCUT2D eigenvalue weighted by Crippen LogP contribution is 2.38. The smallest absolute Gasteiger partial charge is 0.216 e. The summed E-state index contributed by atoms with van der Waals surface area (Å²) >= 11 is 11.8. The Balaban J connectivity index is 0.000000190. The number of methoxy groups -OCH3 is 2. The molecule has 62 heavy (non-hydrogen) atoms. The minimum Gasteiger partial charge on any atom is -0.493 e. The fourth-order valence-corrected chi connectivity index (χ4v) is 7.53. The number of halogens is 4. The molecule has 14 nitrogen and oxygen atoms in total. The topological polar surface area (TPSA) is 157 Å². The monoisotopic (exact) mass is 889 g/mol. The van der Waals surface area contributed by atoms with Gasteiger partial charge in [0.1, 0.15) is 48.1 Å². The molecule has 2 aliphatic heterocycles. The number of hydrogen-bond donors (Lipinski definition) is 4. The first-order valence-corrected chi connectivity index (χ1v) is 20.9. The molecule has 1 atom stereocenters. The fraction of sp³-hybridized carbons (Fsp3) is 0.341. The van der Waals surface area contributed by atoms with Gasteiger partial charge in [-0.05, 0) is 80.8 Å². The Bertz CT molecular complexity index is 2510. The van der Waals surface area contributed by atoms with E-state index in [1.807, 2.05) is 24.3 Å². The lowest BCUT2D eigenvalue weighted by atomic mass is 10.1. The minimum atomic E-state index is -0.485. The lowest BCUT2D eigenvalue weighted by Gasteiger charge is -2.32. The van der Waals surface area contributed by atoms with Crippen molar-refractivity contribution in [3.63, 3.8) is 0 Å². The highest BCUT2D eigenvalue weighted by Gasteiger charge is 2.23. The Morgan fingerprint density at radius 2 is 1.27 bits per heavy atom. The van der Waals surface area contributed by atoms with Gasteiger partial charge < -0.3 is 45.1 Å². The van der Waals surface area contributed by atoms with Crippen LogP contribution in [0.3, 0.4) is 0 Å². The van der Waals surface area contributed by atoms with Crippen LogP contribution in [-0.2, 0) is 4.79 Å². The second kappa shape index (κ2) is 20.8. The molecule has 0 saturated carbocycles. The Morgan fingerprint density at radius 1 is 0.742 bits per heavy atom. The molecule has 2 saturated heterocycles. The van der Waals surface area contributed by atoms with Crippen LogP contribution in [0.2, 0.25) is 10.0 Å². The van der Waals surface area contributed by atoms with Gasteiger partial charge in [-0.15, -0.1) is 0 Å². The lowest BCUT2D eigenvalue weighted by molar-refractivity contribution is -0.119. The number of nitrogens with one attached hydrogen (secondary N) is 4. The van der Waals surface area contributed by atoms with Crippen molar-refractivity contribution in [1.29, 1.82) is 0 Å². The normalized spacial score (nSPS) is 15.6. The molecule has 18 heteroatoms. The van der Waals surface area contributed by atoms with Gasteiger partial charge in [0.25, 0.3) is 0 Å². The maximum absolute atomic E-state index is 13.5. The number of nitrogens with zero attached hydrogens (tertiary/aromatic N) is 5. The van der Waals surface area contributed by atoms with E-state index < -0.39 is 11.6 Å². The molecule has 0 aliphatic carbocycles. The van der Waals surface area contributed by atoms with Gasteiger partial charge in [-0.1, -0.05) is 23.2 Å². The molecule has 1 unspecified atom stereocenters. The number of amides is 1. The van der Waals surface area contributed by atoms with Gasteiger partial charge >= 0.3 is 0 Å². The molecule has 4 aromatic carbocycles. The van der Waals surface area contributed by atoms with Gasteiger partial charge in [-0.2, -0.15) is 0 Å². The molecular formula is C44H47Cl2F2N9O5. The number of benzene rings is 4. The molecule has 6 aromatic rings. The zero-order chi connectivity index (χ0) is 43.6. The maximum atomic E-state index is 13.5. The number of anilines is 4. The van der Waals surface area contributed by atoms with Crippen molar-refractivity contribution in [3.05, 3.63) is 95.0 Å². The summed E-state index contributed by atoms with van der Waals surface area (Å²) in [7, 11) is 3.20. The van der Waals surface area contributed by atoms with Crippen LogP contribution in [0.25, 0.3) is 21.8 Å². The van der Waals surface area contributed by atoms with Crippen molar-refractivity contribution in [3.8, 4) is 23.0 Å². The summed E-state index contributed by atoms with van der Waals surface area (Å²) in [5, 5.41) is 14.1. The first kappa shape index (κ1) is 44.3. The lowest BCUT2D eigenvalue weighted by Crippen LogP contribution is -2.41. The van der Waals surface area contributed by atoms with E-state index in [0.29, 0.717) is 63.6 Å².